The lowest BCUT2D eigenvalue weighted by Gasteiger charge is -2.21. The van der Waals surface area contributed by atoms with E-state index in [1.807, 2.05) is 26.0 Å². The van der Waals surface area contributed by atoms with E-state index in [4.69, 9.17) is 5.84 Å². The quantitative estimate of drug-likeness (QED) is 0.515. The van der Waals surface area contributed by atoms with Gasteiger partial charge in [-0.3, -0.25) is 9.80 Å². The van der Waals surface area contributed by atoms with E-state index in [1.54, 1.807) is 0 Å². The maximum absolute atomic E-state index is 12.1. The van der Waals surface area contributed by atoms with Gasteiger partial charge in [-0.05, 0) is 56.4 Å². The average molecular weight is 310 g/mol. The van der Waals surface area contributed by atoms with Crippen molar-refractivity contribution < 1.29 is 4.79 Å². The molecule has 0 aromatic heterocycles. The van der Waals surface area contributed by atoms with Crippen molar-refractivity contribution in [3.63, 3.8) is 0 Å². The second-order valence-corrected chi connectivity index (χ2v) is 6.37. The number of carbonyl (C=O) groups excluding carboxylic acids is 1. The molecule has 2 rings (SSSR count). The smallest absolute Gasteiger partial charge is 0.237 e. The molecule has 0 heterocycles. The second kappa shape index (κ2) is 7.42. The van der Waals surface area contributed by atoms with Crippen LogP contribution in [0.25, 0.3) is 11.1 Å². The monoisotopic (exact) mass is 310 g/mol. The van der Waals surface area contributed by atoms with Crippen LogP contribution in [0.3, 0.4) is 0 Å². The molecular formula is C20H26N2O. The van der Waals surface area contributed by atoms with E-state index in [-0.39, 0.29) is 11.9 Å². The fourth-order valence-electron chi connectivity index (χ4n) is 2.69. The van der Waals surface area contributed by atoms with Crippen molar-refractivity contribution in [1.82, 2.24) is 5.01 Å². The Morgan fingerprint density at radius 1 is 1.09 bits per heavy atom. The van der Waals surface area contributed by atoms with Crippen molar-refractivity contribution >= 4 is 5.91 Å². The first-order valence-electron chi connectivity index (χ1n) is 8.12. The number of carbonyl (C=O) groups is 1. The fraction of sp³-hybridized carbons (Fsp3) is 0.350. The van der Waals surface area contributed by atoms with Gasteiger partial charge in [0.15, 0.2) is 0 Å². The van der Waals surface area contributed by atoms with E-state index in [1.165, 1.54) is 32.8 Å². The zero-order valence-electron chi connectivity index (χ0n) is 14.5. The summed E-state index contributed by atoms with van der Waals surface area (Å²) in [7, 11) is 0. The highest BCUT2D eigenvalue weighted by Crippen LogP contribution is 2.28. The third-order valence-corrected chi connectivity index (χ3v) is 4.15. The summed E-state index contributed by atoms with van der Waals surface area (Å²) in [4.78, 5) is 12.1. The lowest BCUT2D eigenvalue weighted by molar-refractivity contribution is -0.133. The molecular weight excluding hydrogens is 284 g/mol. The van der Waals surface area contributed by atoms with Crippen molar-refractivity contribution in [2.45, 2.75) is 46.6 Å². The molecule has 0 aliphatic carbocycles. The number of nitrogens with zero attached hydrogens (tertiary/aromatic N) is 1. The van der Waals surface area contributed by atoms with Gasteiger partial charge >= 0.3 is 0 Å². The zero-order valence-corrected chi connectivity index (χ0v) is 14.5. The molecule has 0 bridgehead atoms. The van der Waals surface area contributed by atoms with Crippen LogP contribution in [-0.4, -0.2) is 17.0 Å². The van der Waals surface area contributed by atoms with Crippen LogP contribution in [0.4, 0.5) is 0 Å². The molecule has 0 unspecified atom stereocenters. The number of amides is 1. The molecule has 2 aromatic carbocycles. The molecule has 2 aromatic rings. The van der Waals surface area contributed by atoms with Gasteiger partial charge in [-0.15, -0.1) is 0 Å². The van der Waals surface area contributed by atoms with Gasteiger partial charge in [0.25, 0.3) is 0 Å². The number of benzene rings is 2. The Hall–Kier alpha value is -2.13. The number of hydrogen-bond donors (Lipinski definition) is 1. The predicted molar refractivity (Wildman–Crippen MR) is 95.8 cm³/mol. The highest BCUT2D eigenvalue weighted by Gasteiger charge is 2.14. The summed E-state index contributed by atoms with van der Waals surface area (Å²) in [6, 6.07) is 14.8. The Labute approximate surface area is 139 Å². The molecule has 0 aliphatic heterocycles. The minimum absolute atomic E-state index is 0.0178. The van der Waals surface area contributed by atoms with Gasteiger partial charge < -0.3 is 0 Å². The maximum Gasteiger partial charge on any atom is 0.237 e. The summed E-state index contributed by atoms with van der Waals surface area (Å²) >= 11 is 0. The molecule has 0 radical (unpaired) electrons. The SMILES string of the molecule is Cc1ccc(C)c(-c2ccccc2CCC(=O)N(N)C(C)C)c1. The van der Waals surface area contributed by atoms with Gasteiger partial charge in [0.2, 0.25) is 5.91 Å². The van der Waals surface area contributed by atoms with E-state index >= 15 is 0 Å². The zero-order chi connectivity index (χ0) is 17.0. The Bertz CT molecular complexity index is 692. The van der Waals surface area contributed by atoms with Crippen LogP contribution in [0.2, 0.25) is 0 Å². The summed E-state index contributed by atoms with van der Waals surface area (Å²) in [6.45, 7) is 8.06. The Kier molecular flexibility index (Phi) is 5.56. The van der Waals surface area contributed by atoms with E-state index < -0.39 is 0 Å². The first-order chi connectivity index (χ1) is 10.9. The first kappa shape index (κ1) is 17.2. The third kappa shape index (κ3) is 4.20. The molecule has 3 heteroatoms. The first-order valence-corrected chi connectivity index (χ1v) is 8.12. The van der Waals surface area contributed by atoms with Crippen molar-refractivity contribution in [1.29, 1.82) is 0 Å². The van der Waals surface area contributed by atoms with Crippen molar-refractivity contribution in [2.75, 3.05) is 0 Å². The van der Waals surface area contributed by atoms with Crippen molar-refractivity contribution in [3.8, 4) is 11.1 Å². The molecule has 1 amide bonds. The van der Waals surface area contributed by atoms with E-state index in [2.05, 4.69) is 44.2 Å². The van der Waals surface area contributed by atoms with Gasteiger partial charge in [-0.2, -0.15) is 0 Å². The summed E-state index contributed by atoms with van der Waals surface area (Å²) in [5.41, 5.74) is 6.12. The largest absolute Gasteiger partial charge is 0.278 e. The van der Waals surface area contributed by atoms with Crippen LogP contribution in [0.15, 0.2) is 42.5 Å². The summed E-state index contributed by atoms with van der Waals surface area (Å²) < 4.78 is 0. The van der Waals surface area contributed by atoms with Crippen LogP contribution < -0.4 is 5.84 Å². The maximum atomic E-state index is 12.1. The van der Waals surface area contributed by atoms with E-state index in [9.17, 15) is 4.79 Å². The summed E-state index contributed by atoms with van der Waals surface area (Å²) in [6.07, 6.45) is 1.12. The van der Waals surface area contributed by atoms with Crippen LogP contribution in [0.5, 0.6) is 0 Å². The molecule has 0 atom stereocenters. The molecule has 23 heavy (non-hydrogen) atoms. The standard InChI is InChI=1S/C20H26N2O/c1-14(2)22(21)20(23)12-11-17-7-5-6-8-18(17)19-13-15(3)9-10-16(19)4/h5-10,13-14H,11-12,21H2,1-4H3. The molecule has 122 valence electrons. The topological polar surface area (TPSA) is 46.3 Å². The number of hydrogen-bond acceptors (Lipinski definition) is 2. The third-order valence-electron chi connectivity index (χ3n) is 4.15. The summed E-state index contributed by atoms with van der Waals surface area (Å²) in [5, 5.41) is 1.32. The van der Waals surface area contributed by atoms with Gasteiger partial charge in [-0.25, -0.2) is 5.84 Å². The lowest BCUT2D eigenvalue weighted by atomic mass is 9.92. The summed E-state index contributed by atoms with van der Waals surface area (Å²) in [5.74, 6) is 5.78. The van der Waals surface area contributed by atoms with Crippen molar-refractivity contribution in [3.05, 3.63) is 59.2 Å². The lowest BCUT2D eigenvalue weighted by Crippen LogP contribution is -2.42. The average Bonchev–Trinajstić information content (AvgIpc) is 2.54. The van der Waals surface area contributed by atoms with E-state index in [0.29, 0.717) is 12.8 Å². The van der Waals surface area contributed by atoms with E-state index in [0.717, 1.165) is 0 Å². The normalized spacial score (nSPS) is 10.9. The minimum Gasteiger partial charge on any atom is -0.278 e. The Morgan fingerprint density at radius 3 is 2.48 bits per heavy atom. The van der Waals surface area contributed by atoms with Crippen LogP contribution in [0.1, 0.15) is 37.0 Å². The van der Waals surface area contributed by atoms with Gasteiger partial charge in [0.05, 0.1) is 0 Å². The molecule has 0 saturated heterocycles. The van der Waals surface area contributed by atoms with Gasteiger partial charge in [-0.1, -0.05) is 48.0 Å². The molecule has 0 spiro atoms. The number of rotatable bonds is 5. The second-order valence-electron chi connectivity index (χ2n) is 6.37. The molecule has 0 fully saturated rings. The van der Waals surface area contributed by atoms with Crippen LogP contribution >= 0.6 is 0 Å². The highest BCUT2D eigenvalue weighted by molar-refractivity contribution is 5.77. The number of nitrogens with two attached hydrogens (primary N) is 1. The number of aryl methyl sites for hydroxylation is 3. The number of hydrazine groups is 1. The molecule has 0 saturated carbocycles. The van der Waals surface area contributed by atoms with Gasteiger partial charge in [0.1, 0.15) is 0 Å². The minimum atomic E-state index is -0.0178. The Morgan fingerprint density at radius 2 is 1.78 bits per heavy atom. The Balaban J connectivity index is 2.25. The van der Waals surface area contributed by atoms with Crippen LogP contribution in [0, 0.1) is 13.8 Å². The van der Waals surface area contributed by atoms with Gasteiger partial charge in [0, 0.05) is 12.5 Å². The van der Waals surface area contributed by atoms with Crippen LogP contribution in [-0.2, 0) is 11.2 Å². The highest BCUT2D eigenvalue weighted by atomic mass is 16.2. The fourth-order valence-corrected chi connectivity index (χ4v) is 2.69. The van der Waals surface area contributed by atoms with Crippen molar-refractivity contribution in [2.24, 2.45) is 5.84 Å². The molecule has 3 nitrogen and oxygen atoms in total. The molecule has 2 N–H and O–H groups in total. The molecule has 0 aliphatic rings. The predicted octanol–water partition coefficient (Wildman–Crippen LogP) is 4.01.